The minimum Gasteiger partial charge on any atom is -0.481 e. The first-order valence-corrected chi connectivity index (χ1v) is 18.1. The Morgan fingerprint density at radius 2 is 0.909 bits per heavy atom. The molecule has 44 heavy (non-hydrogen) atoms. The number of unbranched alkanes of at least 4 members (excludes halogenated alkanes) is 22. The highest BCUT2D eigenvalue weighted by Gasteiger charge is 2.42. The molecule has 8 heteroatoms. The Bertz CT molecular complexity index is 752. The van der Waals surface area contributed by atoms with Crippen molar-refractivity contribution in [1.82, 2.24) is 0 Å². The van der Waals surface area contributed by atoms with Crippen molar-refractivity contribution in [2.75, 3.05) is 0 Å². The van der Waals surface area contributed by atoms with Crippen LogP contribution in [0.2, 0.25) is 0 Å². The van der Waals surface area contributed by atoms with Crippen LogP contribution in [0.1, 0.15) is 194 Å². The molecule has 8 nitrogen and oxygen atoms in total. The zero-order valence-corrected chi connectivity index (χ0v) is 28.3. The molecule has 0 saturated carbocycles. The van der Waals surface area contributed by atoms with Gasteiger partial charge in [0.1, 0.15) is 0 Å². The fraction of sp³-hybridized carbons (Fsp3) is 0.889. The van der Waals surface area contributed by atoms with E-state index < -0.39 is 42.5 Å². The zero-order chi connectivity index (χ0) is 32.9. The highest BCUT2D eigenvalue weighted by atomic mass is 16.5. The van der Waals surface area contributed by atoms with Crippen LogP contribution in [0.25, 0.3) is 0 Å². The molecule has 0 aromatic carbocycles. The number of carboxylic acid groups (broad SMARTS) is 2. The fourth-order valence-electron chi connectivity index (χ4n) is 5.66. The average Bonchev–Trinajstić information content (AvgIpc) is 2.96. The van der Waals surface area contributed by atoms with E-state index in [1.807, 2.05) is 0 Å². The third kappa shape index (κ3) is 24.4. The maximum Gasteiger partial charge on any atom is 0.336 e. The van der Waals surface area contributed by atoms with Gasteiger partial charge in [-0.2, -0.15) is 0 Å². The number of ether oxygens (including phenoxy) is 1. The number of aliphatic carboxylic acids is 2. The quantitative estimate of drug-likeness (QED) is 0.0484. The largest absolute Gasteiger partial charge is 0.481 e. The molecule has 0 fully saturated rings. The molecule has 0 aromatic heterocycles. The average molecular weight is 627 g/mol. The molecular weight excluding hydrogens is 560 g/mol. The number of carbonyl (C=O) groups is 4. The van der Waals surface area contributed by atoms with Gasteiger partial charge < -0.3 is 20.1 Å². The maximum absolute atomic E-state index is 12.9. The van der Waals surface area contributed by atoms with Gasteiger partial charge in [0.05, 0.1) is 12.8 Å². The van der Waals surface area contributed by atoms with E-state index in [0.717, 1.165) is 44.9 Å². The van der Waals surface area contributed by atoms with Gasteiger partial charge >= 0.3 is 17.9 Å². The smallest absolute Gasteiger partial charge is 0.336 e. The van der Waals surface area contributed by atoms with E-state index in [9.17, 15) is 29.4 Å². The Kier molecular flexibility index (Phi) is 27.2. The van der Waals surface area contributed by atoms with Crippen molar-refractivity contribution in [1.29, 1.82) is 0 Å². The molecular formula is C36H66O8. The molecule has 0 aliphatic carbocycles. The predicted octanol–water partition coefficient (Wildman–Crippen LogP) is 9.33. The number of carbonyl (C=O) groups excluding carboxylic acids is 2. The summed E-state index contributed by atoms with van der Waals surface area (Å²) in [6.45, 7) is 4.38. The van der Waals surface area contributed by atoms with Crippen LogP contribution >= 0.6 is 0 Å². The van der Waals surface area contributed by atoms with Gasteiger partial charge in [0.2, 0.25) is 0 Å². The second-order valence-electron chi connectivity index (χ2n) is 12.8. The van der Waals surface area contributed by atoms with Crippen molar-refractivity contribution in [2.24, 2.45) is 0 Å². The van der Waals surface area contributed by atoms with Crippen LogP contribution in [0.15, 0.2) is 0 Å². The second kappa shape index (κ2) is 28.5. The predicted molar refractivity (Wildman–Crippen MR) is 176 cm³/mol. The third-order valence-corrected chi connectivity index (χ3v) is 8.51. The van der Waals surface area contributed by atoms with E-state index in [-0.39, 0.29) is 12.2 Å². The highest BCUT2D eigenvalue weighted by molar-refractivity contribution is 5.90. The first-order chi connectivity index (χ1) is 21.2. The fourth-order valence-corrected chi connectivity index (χ4v) is 5.66. The molecule has 0 spiro atoms. The van der Waals surface area contributed by atoms with Gasteiger partial charge in [-0.3, -0.25) is 14.4 Å². The van der Waals surface area contributed by atoms with Crippen LogP contribution in [-0.4, -0.2) is 50.7 Å². The van der Waals surface area contributed by atoms with E-state index in [0.29, 0.717) is 19.3 Å². The third-order valence-electron chi connectivity index (χ3n) is 8.51. The Morgan fingerprint density at radius 1 is 0.545 bits per heavy atom. The second-order valence-corrected chi connectivity index (χ2v) is 12.8. The summed E-state index contributed by atoms with van der Waals surface area (Å²) in [4.78, 5) is 47.8. The van der Waals surface area contributed by atoms with E-state index in [2.05, 4.69) is 13.8 Å². The molecule has 0 rings (SSSR count). The van der Waals surface area contributed by atoms with Crippen LogP contribution in [0.4, 0.5) is 0 Å². The first-order valence-electron chi connectivity index (χ1n) is 18.1. The van der Waals surface area contributed by atoms with Crippen LogP contribution in [-0.2, 0) is 23.9 Å². The molecule has 0 radical (unpaired) electrons. The SMILES string of the molecule is CCCCCCCCCCCCCCCCCCCCCC(OC(=O)CC(O)(CC(=O)O)C(=O)O)C(=O)CCCCCCC. The summed E-state index contributed by atoms with van der Waals surface area (Å²) in [5, 5.41) is 28.4. The number of carboxylic acids is 2. The monoisotopic (exact) mass is 626 g/mol. The summed E-state index contributed by atoms with van der Waals surface area (Å²) < 4.78 is 5.35. The van der Waals surface area contributed by atoms with Crippen LogP contribution in [0.3, 0.4) is 0 Å². The molecule has 0 heterocycles. The molecule has 0 bridgehead atoms. The number of esters is 1. The molecule has 2 atom stereocenters. The van der Waals surface area contributed by atoms with Crippen molar-refractivity contribution in [3.63, 3.8) is 0 Å². The number of hydrogen-bond donors (Lipinski definition) is 3. The lowest BCUT2D eigenvalue weighted by atomic mass is 9.95. The molecule has 0 aliphatic rings. The van der Waals surface area contributed by atoms with Gasteiger partial charge in [-0.15, -0.1) is 0 Å². The summed E-state index contributed by atoms with van der Waals surface area (Å²) in [5.41, 5.74) is -2.77. The van der Waals surface area contributed by atoms with E-state index in [4.69, 9.17) is 9.84 Å². The molecule has 3 N–H and O–H groups in total. The molecule has 0 amide bonds. The number of hydrogen-bond acceptors (Lipinski definition) is 6. The zero-order valence-electron chi connectivity index (χ0n) is 28.3. The Hall–Kier alpha value is -1.96. The number of ketones is 1. The van der Waals surface area contributed by atoms with Crippen molar-refractivity contribution in [3.8, 4) is 0 Å². The lowest BCUT2D eigenvalue weighted by Crippen LogP contribution is -2.44. The van der Waals surface area contributed by atoms with Gasteiger partial charge in [0.15, 0.2) is 17.5 Å². The number of rotatable bonds is 33. The summed E-state index contributed by atoms with van der Waals surface area (Å²) in [5.74, 6) is -4.63. The number of aliphatic hydroxyl groups is 1. The molecule has 258 valence electrons. The Labute approximate surface area is 268 Å². The Balaban J connectivity index is 4.23. The van der Waals surface area contributed by atoms with Crippen molar-refractivity contribution >= 4 is 23.7 Å². The van der Waals surface area contributed by atoms with Gasteiger partial charge in [0, 0.05) is 6.42 Å². The van der Waals surface area contributed by atoms with Gasteiger partial charge in [0.25, 0.3) is 0 Å². The topological polar surface area (TPSA) is 138 Å². The van der Waals surface area contributed by atoms with E-state index >= 15 is 0 Å². The lowest BCUT2D eigenvalue weighted by Gasteiger charge is -2.22. The van der Waals surface area contributed by atoms with Crippen LogP contribution in [0.5, 0.6) is 0 Å². The summed E-state index contributed by atoms with van der Waals surface area (Å²) in [6, 6.07) is 0. The summed E-state index contributed by atoms with van der Waals surface area (Å²) in [6.07, 6.45) is 26.3. The van der Waals surface area contributed by atoms with E-state index in [1.165, 1.54) is 96.3 Å². The van der Waals surface area contributed by atoms with Crippen molar-refractivity contribution in [2.45, 2.75) is 205 Å². The van der Waals surface area contributed by atoms with E-state index in [1.54, 1.807) is 0 Å². The molecule has 2 unspecified atom stereocenters. The van der Waals surface area contributed by atoms with Crippen LogP contribution < -0.4 is 0 Å². The van der Waals surface area contributed by atoms with Gasteiger partial charge in [-0.1, -0.05) is 155 Å². The number of Topliss-reactive ketones (excluding diaryl/α,β-unsaturated/α-hetero) is 1. The minimum atomic E-state index is -2.77. The highest BCUT2D eigenvalue weighted by Crippen LogP contribution is 2.21. The molecule has 0 saturated heterocycles. The van der Waals surface area contributed by atoms with Gasteiger partial charge in [-0.05, 0) is 19.3 Å². The molecule has 0 aliphatic heterocycles. The normalized spacial score (nSPS) is 13.3. The summed E-state index contributed by atoms with van der Waals surface area (Å²) >= 11 is 0. The molecule has 0 aromatic rings. The minimum absolute atomic E-state index is 0.200. The standard InChI is InChI=1S/C36H66O8/c1-3-5-7-9-10-11-12-13-14-15-16-17-18-19-20-21-22-24-26-28-32(31(37)27-25-23-8-6-4-2)44-34(40)30-36(43,35(41)42)29-33(38)39/h32,43H,3-30H2,1-2H3,(H,38,39)(H,41,42). The lowest BCUT2D eigenvalue weighted by molar-refractivity contribution is -0.174. The Morgan fingerprint density at radius 3 is 1.27 bits per heavy atom. The summed E-state index contributed by atoms with van der Waals surface area (Å²) in [7, 11) is 0. The van der Waals surface area contributed by atoms with Crippen molar-refractivity contribution in [3.05, 3.63) is 0 Å². The van der Waals surface area contributed by atoms with Crippen molar-refractivity contribution < 1.29 is 39.2 Å². The maximum atomic E-state index is 12.9. The van der Waals surface area contributed by atoms with Gasteiger partial charge in [-0.25, -0.2) is 4.79 Å². The van der Waals surface area contributed by atoms with Crippen LogP contribution in [0, 0.1) is 0 Å². The first kappa shape index (κ1) is 42.0.